The van der Waals surface area contributed by atoms with Crippen molar-refractivity contribution in [3.63, 3.8) is 0 Å². The molecule has 2 N–H and O–H groups in total. The molecule has 0 bridgehead atoms. The van der Waals surface area contributed by atoms with Gasteiger partial charge in [-0.1, -0.05) is 29.8 Å². The zero-order chi connectivity index (χ0) is 21.8. The summed E-state index contributed by atoms with van der Waals surface area (Å²) in [5, 5.41) is 4.08. The van der Waals surface area contributed by atoms with Crippen molar-refractivity contribution in [2.75, 3.05) is 31.6 Å². The maximum Gasteiger partial charge on any atom is 0.244 e. The van der Waals surface area contributed by atoms with Gasteiger partial charge in [-0.15, -0.1) is 0 Å². The fraction of sp³-hybridized carbons (Fsp3) is 0.318. The largest absolute Gasteiger partial charge is 0.379 e. The molecule has 0 radical (unpaired) electrons. The first-order valence-electron chi connectivity index (χ1n) is 10.2. The van der Waals surface area contributed by atoms with Gasteiger partial charge in [-0.2, -0.15) is 4.31 Å². The molecule has 0 spiro atoms. The van der Waals surface area contributed by atoms with Crippen molar-refractivity contribution in [2.24, 2.45) is 0 Å². The molecule has 0 aliphatic carbocycles. The molecule has 0 atom stereocenters. The van der Waals surface area contributed by atoms with Crippen molar-refractivity contribution in [1.29, 1.82) is 0 Å². The Hall–Kier alpha value is -2.39. The van der Waals surface area contributed by atoms with Crippen LogP contribution < -0.4 is 5.32 Å². The molecule has 0 saturated carbocycles. The van der Waals surface area contributed by atoms with Gasteiger partial charge in [-0.05, 0) is 42.7 Å². The Morgan fingerprint density at radius 3 is 2.74 bits per heavy atom. The number of carbonyl (C=O) groups excluding carboxylic acids is 1. The lowest BCUT2D eigenvalue weighted by Crippen LogP contribution is -2.40. The molecule has 1 aliphatic heterocycles. The van der Waals surface area contributed by atoms with E-state index >= 15 is 0 Å². The SMILES string of the molecule is O=C(CCCc1c[nH]c2ccccc12)Nc1ccc(Cl)c(S(=O)(=O)N2CCOCC2)c1. The molecule has 1 aromatic heterocycles. The Labute approximate surface area is 186 Å². The molecule has 1 saturated heterocycles. The van der Waals surface area contributed by atoms with Crippen LogP contribution in [0.2, 0.25) is 5.02 Å². The van der Waals surface area contributed by atoms with Crippen molar-refractivity contribution < 1.29 is 17.9 Å². The Morgan fingerprint density at radius 2 is 1.94 bits per heavy atom. The van der Waals surface area contributed by atoms with E-state index in [1.54, 1.807) is 6.07 Å². The second-order valence-corrected chi connectivity index (χ2v) is 9.74. The van der Waals surface area contributed by atoms with Crippen LogP contribution in [0, 0.1) is 0 Å². The number of rotatable bonds is 7. The maximum atomic E-state index is 12.9. The van der Waals surface area contributed by atoms with E-state index < -0.39 is 10.0 Å². The van der Waals surface area contributed by atoms with Crippen LogP contribution in [0.1, 0.15) is 18.4 Å². The third-order valence-corrected chi connectivity index (χ3v) is 7.71. The van der Waals surface area contributed by atoms with E-state index in [0.717, 1.165) is 11.9 Å². The molecule has 0 unspecified atom stereocenters. The van der Waals surface area contributed by atoms with Crippen molar-refractivity contribution >= 4 is 44.1 Å². The summed E-state index contributed by atoms with van der Waals surface area (Å²) < 4.78 is 32.4. The van der Waals surface area contributed by atoms with Gasteiger partial charge in [0.05, 0.1) is 18.2 Å². The van der Waals surface area contributed by atoms with Gasteiger partial charge in [0.25, 0.3) is 0 Å². The summed E-state index contributed by atoms with van der Waals surface area (Å²) in [5.41, 5.74) is 2.67. The normalized spacial score (nSPS) is 15.3. The second-order valence-electron chi connectivity index (χ2n) is 7.42. The number of hydrogen-bond acceptors (Lipinski definition) is 4. The third-order valence-electron chi connectivity index (χ3n) is 5.33. The highest BCUT2D eigenvalue weighted by Crippen LogP contribution is 2.28. The molecule has 4 rings (SSSR count). The number of aromatic amines is 1. The highest BCUT2D eigenvalue weighted by Gasteiger charge is 2.28. The number of ether oxygens (including phenoxy) is 1. The number of benzene rings is 2. The number of nitrogens with zero attached hydrogens (tertiary/aromatic N) is 1. The van der Waals surface area contributed by atoms with Gasteiger partial charge in [0.15, 0.2) is 0 Å². The third kappa shape index (κ3) is 4.93. The summed E-state index contributed by atoms with van der Waals surface area (Å²) >= 11 is 6.17. The summed E-state index contributed by atoms with van der Waals surface area (Å²) in [6, 6.07) is 12.6. The molecule has 31 heavy (non-hydrogen) atoms. The van der Waals surface area contributed by atoms with Crippen molar-refractivity contribution in [3.8, 4) is 0 Å². The Balaban J connectivity index is 1.38. The van der Waals surface area contributed by atoms with E-state index in [1.165, 1.54) is 27.4 Å². The predicted molar refractivity (Wildman–Crippen MR) is 121 cm³/mol. The lowest BCUT2D eigenvalue weighted by atomic mass is 10.1. The minimum Gasteiger partial charge on any atom is -0.379 e. The molecule has 2 heterocycles. The number of hydrogen-bond donors (Lipinski definition) is 2. The average Bonchev–Trinajstić information content (AvgIpc) is 3.19. The Bertz CT molecular complexity index is 1190. The number of nitrogens with one attached hydrogen (secondary N) is 2. The van der Waals surface area contributed by atoms with Crippen LogP contribution in [-0.4, -0.2) is 49.9 Å². The van der Waals surface area contributed by atoms with Gasteiger partial charge in [-0.25, -0.2) is 8.42 Å². The molecule has 3 aromatic rings. The van der Waals surface area contributed by atoms with Crippen LogP contribution in [0.4, 0.5) is 5.69 Å². The van der Waals surface area contributed by atoms with Gasteiger partial charge in [0.2, 0.25) is 15.9 Å². The Morgan fingerprint density at radius 1 is 1.16 bits per heavy atom. The van der Waals surface area contributed by atoms with Crippen LogP contribution in [0.25, 0.3) is 10.9 Å². The standard InChI is InChI=1S/C22H24ClN3O4S/c23-19-9-8-17(14-21(19)31(28,29)26-10-12-30-13-11-26)25-22(27)7-3-4-16-15-24-20-6-2-1-5-18(16)20/h1-2,5-6,8-9,14-15,24H,3-4,7,10-13H2,(H,25,27). The molecular weight excluding hydrogens is 438 g/mol. The topological polar surface area (TPSA) is 91.5 Å². The number of aryl methyl sites for hydroxylation is 1. The van der Waals surface area contributed by atoms with Gasteiger partial charge in [0.1, 0.15) is 4.90 Å². The highest BCUT2D eigenvalue weighted by molar-refractivity contribution is 7.89. The summed E-state index contributed by atoms with van der Waals surface area (Å²) in [4.78, 5) is 15.7. The number of H-pyrrole nitrogens is 1. The molecule has 1 fully saturated rings. The number of anilines is 1. The summed E-state index contributed by atoms with van der Waals surface area (Å²) in [6.07, 6.45) is 3.76. The fourth-order valence-electron chi connectivity index (χ4n) is 3.71. The lowest BCUT2D eigenvalue weighted by molar-refractivity contribution is -0.116. The first-order chi connectivity index (χ1) is 14.9. The van der Waals surface area contributed by atoms with E-state index in [9.17, 15) is 13.2 Å². The minimum atomic E-state index is -3.75. The number of sulfonamides is 1. The van der Waals surface area contributed by atoms with Crippen LogP contribution >= 0.6 is 11.6 Å². The molecule has 7 nitrogen and oxygen atoms in total. The van der Waals surface area contributed by atoms with Gasteiger partial charge in [0, 0.05) is 42.3 Å². The monoisotopic (exact) mass is 461 g/mol. The van der Waals surface area contributed by atoms with Gasteiger partial charge >= 0.3 is 0 Å². The number of halogens is 1. The van der Waals surface area contributed by atoms with Crippen molar-refractivity contribution in [3.05, 3.63) is 59.2 Å². The van der Waals surface area contributed by atoms with Crippen LogP contribution in [0.5, 0.6) is 0 Å². The fourth-order valence-corrected chi connectivity index (χ4v) is 5.61. The molecule has 164 valence electrons. The lowest BCUT2D eigenvalue weighted by Gasteiger charge is -2.26. The van der Waals surface area contributed by atoms with Crippen LogP contribution in [-0.2, 0) is 26.0 Å². The molecule has 1 aliphatic rings. The Kier molecular flexibility index (Phi) is 6.62. The quantitative estimate of drug-likeness (QED) is 0.559. The first-order valence-corrected chi connectivity index (χ1v) is 12.0. The summed E-state index contributed by atoms with van der Waals surface area (Å²) in [6.45, 7) is 1.26. The summed E-state index contributed by atoms with van der Waals surface area (Å²) in [7, 11) is -3.75. The predicted octanol–water partition coefficient (Wildman–Crippen LogP) is 3.80. The zero-order valence-corrected chi connectivity index (χ0v) is 18.5. The van der Waals surface area contributed by atoms with E-state index in [4.69, 9.17) is 16.3 Å². The van der Waals surface area contributed by atoms with Crippen LogP contribution in [0.15, 0.2) is 53.6 Å². The van der Waals surface area contributed by atoms with Crippen molar-refractivity contribution in [2.45, 2.75) is 24.2 Å². The van der Waals surface area contributed by atoms with E-state index in [-0.39, 0.29) is 28.9 Å². The number of amides is 1. The number of fused-ring (bicyclic) bond motifs is 1. The van der Waals surface area contributed by atoms with E-state index in [1.807, 2.05) is 24.4 Å². The van der Waals surface area contributed by atoms with E-state index in [2.05, 4.69) is 16.4 Å². The second kappa shape index (κ2) is 9.40. The highest BCUT2D eigenvalue weighted by atomic mass is 35.5. The number of carbonyl (C=O) groups is 1. The van der Waals surface area contributed by atoms with Crippen LogP contribution in [0.3, 0.4) is 0 Å². The molecule has 2 aromatic carbocycles. The van der Waals surface area contributed by atoms with Gasteiger partial charge < -0.3 is 15.0 Å². The average molecular weight is 462 g/mol. The maximum absolute atomic E-state index is 12.9. The first kappa shape index (κ1) is 21.8. The summed E-state index contributed by atoms with van der Waals surface area (Å²) in [5.74, 6) is -0.170. The number of aromatic nitrogens is 1. The minimum absolute atomic E-state index is 0.00680. The molecule has 1 amide bonds. The molecule has 9 heteroatoms. The number of morpholine rings is 1. The van der Waals surface area contributed by atoms with Crippen molar-refractivity contribution in [1.82, 2.24) is 9.29 Å². The van der Waals surface area contributed by atoms with E-state index in [0.29, 0.717) is 31.7 Å². The number of para-hydroxylation sites is 1. The molecular formula is C22H24ClN3O4S. The van der Waals surface area contributed by atoms with Gasteiger partial charge in [-0.3, -0.25) is 4.79 Å². The smallest absolute Gasteiger partial charge is 0.244 e. The zero-order valence-electron chi connectivity index (χ0n) is 16.9.